The van der Waals surface area contributed by atoms with Crippen LogP contribution in [0, 0.1) is 9.39 Å². The van der Waals surface area contributed by atoms with E-state index in [1.165, 1.54) is 20.2 Å². The van der Waals surface area contributed by atoms with Crippen LogP contribution in [0.2, 0.25) is 0 Å². The zero-order valence-electron chi connectivity index (χ0n) is 10.1. The van der Waals surface area contributed by atoms with Crippen LogP contribution in [0.4, 0.5) is 4.39 Å². The first-order valence-corrected chi connectivity index (χ1v) is 6.54. The number of halogens is 2. The number of carbonyl (C=O) groups excluding carboxylic acids is 1. The van der Waals surface area contributed by atoms with Crippen LogP contribution in [0.25, 0.3) is 0 Å². The van der Waals surface area contributed by atoms with Crippen molar-refractivity contribution in [3.05, 3.63) is 32.6 Å². The van der Waals surface area contributed by atoms with Gasteiger partial charge in [0.05, 0.1) is 17.3 Å². The Hall–Kier alpha value is -0.730. The Bertz CT molecular complexity index is 481. The van der Waals surface area contributed by atoms with E-state index < -0.39 is 6.10 Å². The Balaban J connectivity index is 2.40. The number of hydrogen-bond acceptors (Lipinski definition) is 3. The fraction of sp³-hybridized carbons (Fsp3) is 0.417. The van der Waals surface area contributed by atoms with Gasteiger partial charge >= 0.3 is 0 Å². The van der Waals surface area contributed by atoms with Crippen molar-refractivity contribution in [2.45, 2.75) is 12.5 Å². The van der Waals surface area contributed by atoms with E-state index in [2.05, 4.69) is 0 Å². The highest BCUT2D eigenvalue weighted by Crippen LogP contribution is 2.32. The lowest BCUT2D eigenvalue weighted by Gasteiger charge is -2.28. The summed E-state index contributed by atoms with van der Waals surface area (Å²) in [7, 11) is 2.94. The molecule has 1 atom stereocenters. The average molecular weight is 365 g/mol. The quantitative estimate of drug-likeness (QED) is 0.595. The molecule has 1 aliphatic heterocycles. The summed E-state index contributed by atoms with van der Waals surface area (Å²) in [5, 5.41) is 1.12. The smallest absolute Gasteiger partial charge is 0.279 e. The van der Waals surface area contributed by atoms with E-state index >= 15 is 0 Å². The molecule has 0 radical (unpaired) electrons. The zero-order valence-corrected chi connectivity index (χ0v) is 12.2. The molecule has 0 N–H and O–H groups in total. The predicted octanol–water partition coefficient (Wildman–Crippen LogP) is 2.06. The molecule has 0 saturated carbocycles. The van der Waals surface area contributed by atoms with Gasteiger partial charge in [-0.1, -0.05) is 6.07 Å². The molecule has 0 saturated heterocycles. The van der Waals surface area contributed by atoms with Crippen LogP contribution < -0.4 is 0 Å². The van der Waals surface area contributed by atoms with E-state index in [1.807, 2.05) is 22.6 Å². The van der Waals surface area contributed by atoms with Crippen LogP contribution in [0.1, 0.15) is 17.2 Å². The molecule has 0 aliphatic carbocycles. The average Bonchev–Trinajstić information content (AvgIpc) is 2.40. The topological polar surface area (TPSA) is 38.8 Å². The summed E-state index contributed by atoms with van der Waals surface area (Å²) in [6.07, 6.45) is -0.0981. The van der Waals surface area contributed by atoms with E-state index in [0.29, 0.717) is 16.6 Å². The number of amides is 1. The molecule has 1 amide bonds. The number of hydrogen-bond donors (Lipinski definition) is 0. The van der Waals surface area contributed by atoms with E-state index in [0.717, 1.165) is 16.2 Å². The van der Waals surface area contributed by atoms with Crippen molar-refractivity contribution in [3.8, 4) is 0 Å². The first-order valence-electron chi connectivity index (χ1n) is 5.46. The van der Waals surface area contributed by atoms with Gasteiger partial charge in [0.1, 0.15) is 5.82 Å². The van der Waals surface area contributed by atoms with E-state index in [9.17, 15) is 9.18 Å². The number of ether oxygens (including phenoxy) is 1. The summed E-state index contributed by atoms with van der Waals surface area (Å²) in [5.74, 6) is -0.552. The summed E-state index contributed by atoms with van der Waals surface area (Å²) in [4.78, 5) is 16.9. The molecule has 1 aliphatic rings. The van der Waals surface area contributed by atoms with Crippen LogP contribution in [-0.2, 0) is 20.8 Å². The highest BCUT2D eigenvalue weighted by molar-refractivity contribution is 14.1. The van der Waals surface area contributed by atoms with Gasteiger partial charge in [-0.25, -0.2) is 9.45 Å². The zero-order chi connectivity index (χ0) is 13.3. The van der Waals surface area contributed by atoms with Crippen molar-refractivity contribution in [2.75, 3.05) is 20.8 Å². The number of fused-ring (bicyclic) bond motifs is 1. The molecule has 4 nitrogen and oxygen atoms in total. The predicted molar refractivity (Wildman–Crippen MR) is 71.3 cm³/mol. The van der Waals surface area contributed by atoms with E-state index in [4.69, 9.17) is 9.57 Å². The van der Waals surface area contributed by atoms with Crippen molar-refractivity contribution < 1.29 is 18.8 Å². The molecule has 0 spiro atoms. The van der Waals surface area contributed by atoms with Gasteiger partial charge in [-0.15, -0.1) is 0 Å². The molecule has 2 rings (SSSR count). The van der Waals surface area contributed by atoms with Gasteiger partial charge in [0.15, 0.2) is 6.10 Å². The van der Waals surface area contributed by atoms with Crippen molar-refractivity contribution in [1.29, 1.82) is 0 Å². The number of hydroxylamine groups is 2. The number of carbonyl (C=O) groups is 1. The Morgan fingerprint density at radius 2 is 2.33 bits per heavy atom. The Morgan fingerprint density at radius 3 is 3.00 bits per heavy atom. The van der Waals surface area contributed by atoms with Crippen LogP contribution in [0.3, 0.4) is 0 Å². The highest BCUT2D eigenvalue weighted by Gasteiger charge is 2.31. The second kappa shape index (κ2) is 5.50. The van der Waals surface area contributed by atoms with Crippen molar-refractivity contribution in [1.82, 2.24) is 5.06 Å². The first-order chi connectivity index (χ1) is 8.56. The number of nitrogens with zero attached hydrogens (tertiary/aromatic N) is 1. The van der Waals surface area contributed by atoms with Crippen LogP contribution in [0.15, 0.2) is 12.1 Å². The minimum Gasteiger partial charge on any atom is -0.363 e. The lowest BCUT2D eigenvalue weighted by molar-refractivity contribution is -0.182. The molecular formula is C12H13FINO3. The van der Waals surface area contributed by atoms with Gasteiger partial charge in [0, 0.05) is 7.05 Å². The summed E-state index contributed by atoms with van der Waals surface area (Å²) in [6.45, 7) is 0.403. The maximum absolute atomic E-state index is 13.5. The van der Waals surface area contributed by atoms with Gasteiger partial charge in [0.25, 0.3) is 5.91 Å². The molecule has 1 aromatic carbocycles. The molecule has 1 heterocycles. The number of benzene rings is 1. The molecule has 18 heavy (non-hydrogen) atoms. The SMILES string of the molecule is CON(C)C(=O)C1OCCc2c1ccc(F)c2I. The van der Waals surface area contributed by atoms with Gasteiger partial charge in [0.2, 0.25) is 0 Å². The van der Waals surface area contributed by atoms with E-state index in [1.54, 1.807) is 6.07 Å². The minimum atomic E-state index is -0.715. The first kappa shape index (κ1) is 13.7. The monoisotopic (exact) mass is 365 g/mol. The Labute approximate surface area is 118 Å². The molecule has 1 unspecified atom stereocenters. The molecule has 1 aromatic rings. The summed E-state index contributed by atoms with van der Waals surface area (Å²) >= 11 is 1.96. The van der Waals surface area contributed by atoms with Crippen molar-refractivity contribution in [2.24, 2.45) is 0 Å². The van der Waals surface area contributed by atoms with Gasteiger partial charge < -0.3 is 4.74 Å². The maximum Gasteiger partial charge on any atom is 0.279 e. The summed E-state index contributed by atoms with van der Waals surface area (Å²) in [5.41, 5.74) is 1.57. The minimum absolute atomic E-state index is 0.262. The summed E-state index contributed by atoms with van der Waals surface area (Å²) in [6, 6.07) is 2.97. The van der Waals surface area contributed by atoms with Crippen LogP contribution in [0.5, 0.6) is 0 Å². The lowest BCUT2D eigenvalue weighted by Crippen LogP contribution is -2.35. The third-order valence-corrected chi connectivity index (χ3v) is 4.13. The molecule has 0 fully saturated rings. The number of likely N-dealkylation sites (N-methyl/N-ethyl adjacent to an activating group) is 1. The molecular weight excluding hydrogens is 352 g/mol. The fourth-order valence-corrected chi connectivity index (χ4v) is 2.70. The third kappa shape index (κ3) is 2.36. The van der Waals surface area contributed by atoms with Gasteiger partial charge in [-0.2, -0.15) is 0 Å². The Morgan fingerprint density at radius 1 is 1.61 bits per heavy atom. The highest BCUT2D eigenvalue weighted by atomic mass is 127. The fourth-order valence-electron chi connectivity index (χ4n) is 1.94. The van der Waals surface area contributed by atoms with Gasteiger partial charge in [-0.3, -0.25) is 9.63 Å². The molecule has 0 bridgehead atoms. The molecule has 6 heteroatoms. The third-order valence-electron chi connectivity index (χ3n) is 2.96. The second-order valence-electron chi connectivity index (χ2n) is 3.95. The maximum atomic E-state index is 13.5. The van der Waals surface area contributed by atoms with E-state index in [-0.39, 0.29) is 11.7 Å². The second-order valence-corrected chi connectivity index (χ2v) is 5.03. The molecule has 98 valence electrons. The van der Waals surface area contributed by atoms with Crippen molar-refractivity contribution in [3.63, 3.8) is 0 Å². The molecule has 0 aromatic heterocycles. The summed E-state index contributed by atoms with van der Waals surface area (Å²) < 4.78 is 19.5. The Kier molecular flexibility index (Phi) is 4.18. The van der Waals surface area contributed by atoms with Crippen LogP contribution in [-0.4, -0.2) is 31.7 Å². The van der Waals surface area contributed by atoms with Crippen LogP contribution >= 0.6 is 22.6 Å². The largest absolute Gasteiger partial charge is 0.363 e. The lowest BCUT2D eigenvalue weighted by atomic mass is 9.97. The van der Waals surface area contributed by atoms with Crippen molar-refractivity contribution >= 4 is 28.5 Å². The standard InChI is InChI=1S/C12H13FINO3/c1-15(17-2)12(16)11-8-3-4-9(13)10(14)7(8)5-6-18-11/h3-4,11H,5-6H2,1-2H3. The normalized spacial score (nSPS) is 18.3. The van der Waals surface area contributed by atoms with Gasteiger partial charge in [-0.05, 0) is 46.2 Å². The number of rotatable bonds is 2.